The molecule has 0 bridgehead atoms. The van der Waals surface area contributed by atoms with E-state index in [-0.39, 0.29) is 6.61 Å². The van der Waals surface area contributed by atoms with Gasteiger partial charge in [-0.1, -0.05) is 6.92 Å². The van der Waals surface area contributed by atoms with Crippen LogP contribution in [0.5, 0.6) is 0 Å². The highest BCUT2D eigenvalue weighted by molar-refractivity contribution is 5.44. The lowest BCUT2D eigenvalue weighted by Crippen LogP contribution is -2.35. The van der Waals surface area contributed by atoms with Crippen molar-refractivity contribution in [2.75, 3.05) is 31.1 Å². The van der Waals surface area contributed by atoms with Crippen molar-refractivity contribution in [1.29, 1.82) is 0 Å². The van der Waals surface area contributed by atoms with Crippen molar-refractivity contribution in [2.24, 2.45) is 0 Å². The van der Waals surface area contributed by atoms with Crippen LogP contribution in [0.3, 0.4) is 0 Å². The summed E-state index contributed by atoms with van der Waals surface area (Å²) >= 11 is 0. The fourth-order valence-electron chi connectivity index (χ4n) is 3.42. The third-order valence-corrected chi connectivity index (χ3v) is 4.61. The molecule has 1 unspecified atom stereocenters. The Morgan fingerprint density at radius 3 is 2.75 bits per heavy atom. The number of aliphatic hydroxyl groups excluding tert-OH is 1. The summed E-state index contributed by atoms with van der Waals surface area (Å²) in [5, 5.41) is 9.39. The van der Waals surface area contributed by atoms with E-state index in [1.165, 1.54) is 32.4 Å². The van der Waals surface area contributed by atoms with Gasteiger partial charge in [-0.25, -0.2) is 4.98 Å². The number of pyridine rings is 1. The maximum absolute atomic E-state index is 9.39. The predicted molar refractivity (Wildman–Crippen MR) is 81.0 cm³/mol. The lowest BCUT2D eigenvalue weighted by atomic mass is 10.2. The number of hydrogen-bond acceptors (Lipinski definition) is 4. The fourth-order valence-corrected chi connectivity index (χ4v) is 3.42. The fraction of sp³-hybridized carbons (Fsp3) is 0.688. The molecule has 2 saturated heterocycles. The molecule has 0 radical (unpaired) electrons. The van der Waals surface area contributed by atoms with E-state index < -0.39 is 0 Å². The molecule has 4 heteroatoms. The Balaban J connectivity index is 1.73. The Labute approximate surface area is 121 Å². The minimum atomic E-state index is 0.103. The summed E-state index contributed by atoms with van der Waals surface area (Å²) in [6.45, 7) is 6.93. The SMILES string of the molecule is CCc1cc(CO)cc(N2CCC(N3CCCC3)C2)n1. The summed E-state index contributed by atoms with van der Waals surface area (Å²) < 4.78 is 0. The number of aliphatic hydroxyl groups is 1. The zero-order valence-electron chi connectivity index (χ0n) is 12.4. The van der Waals surface area contributed by atoms with Crippen molar-refractivity contribution in [1.82, 2.24) is 9.88 Å². The molecule has 0 aliphatic carbocycles. The second-order valence-electron chi connectivity index (χ2n) is 5.97. The highest BCUT2D eigenvalue weighted by Crippen LogP contribution is 2.25. The van der Waals surface area contributed by atoms with Crippen LogP contribution in [-0.4, -0.2) is 47.2 Å². The van der Waals surface area contributed by atoms with E-state index in [0.717, 1.165) is 36.6 Å². The van der Waals surface area contributed by atoms with Gasteiger partial charge in [0.15, 0.2) is 0 Å². The zero-order valence-corrected chi connectivity index (χ0v) is 12.4. The number of rotatable bonds is 4. The Morgan fingerprint density at radius 2 is 2.05 bits per heavy atom. The Bertz CT molecular complexity index is 435. The van der Waals surface area contributed by atoms with Gasteiger partial charge in [0.2, 0.25) is 0 Å². The molecule has 1 N–H and O–H groups in total. The van der Waals surface area contributed by atoms with Gasteiger partial charge >= 0.3 is 0 Å². The minimum absolute atomic E-state index is 0.103. The van der Waals surface area contributed by atoms with E-state index in [0.29, 0.717) is 6.04 Å². The standard InChI is InChI=1S/C16H25N3O/c1-2-14-9-13(12-20)10-16(17-14)19-8-5-15(11-19)18-6-3-4-7-18/h9-10,15,20H,2-8,11-12H2,1H3. The van der Waals surface area contributed by atoms with E-state index in [1.807, 2.05) is 12.1 Å². The maximum Gasteiger partial charge on any atom is 0.129 e. The van der Waals surface area contributed by atoms with Gasteiger partial charge in [0.25, 0.3) is 0 Å². The Kier molecular flexibility index (Phi) is 4.22. The molecule has 0 amide bonds. The number of nitrogens with zero attached hydrogens (tertiary/aromatic N) is 3. The normalized spacial score (nSPS) is 23.7. The predicted octanol–water partition coefficient (Wildman–Crippen LogP) is 1.81. The average Bonchev–Trinajstić information content (AvgIpc) is 3.17. The molecule has 110 valence electrons. The van der Waals surface area contributed by atoms with Crippen molar-refractivity contribution < 1.29 is 5.11 Å². The van der Waals surface area contributed by atoms with Gasteiger partial charge in [0.05, 0.1) is 6.61 Å². The molecule has 3 rings (SSSR count). The van der Waals surface area contributed by atoms with Gasteiger partial charge in [0, 0.05) is 24.8 Å². The van der Waals surface area contributed by atoms with Crippen LogP contribution in [0, 0.1) is 0 Å². The molecule has 2 aliphatic heterocycles. The molecule has 20 heavy (non-hydrogen) atoms. The first kappa shape index (κ1) is 13.8. The third kappa shape index (κ3) is 2.81. The monoisotopic (exact) mass is 275 g/mol. The first-order valence-electron chi connectivity index (χ1n) is 7.90. The van der Waals surface area contributed by atoms with Gasteiger partial charge in [-0.3, -0.25) is 4.90 Å². The molecule has 3 heterocycles. The second kappa shape index (κ2) is 6.10. The summed E-state index contributed by atoms with van der Waals surface area (Å²) in [5.74, 6) is 1.05. The maximum atomic E-state index is 9.39. The summed E-state index contributed by atoms with van der Waals surface area (Å²) in [4.78, 5) is 9.76. The van der Waals surface area contributed by atoms with E-state index in [2.05, 4.69) is 16.7 Å². The number of likely N-dealkylation sites (tertiary alicyclic amines) is 1. The van der Waals surface area contributed by atoms with E-state index in [9.17, 15) is 5.11 Å². The average molecular weight is 275 g/mol. The minimum Gasteiger partial charge on any atom is -0.392 e. The van der Waals surface area contributed by atoms with Crippen LogP contribution < -0.4 is 4.90 Å². The summed E-state index contributed by atoms with van der Waals surface area (Å²) in [6, 6.07) is 4.76. The topological polar surface area (TPSA) is 39.6 Å². The van der Waals surface area contributed by atoms with Crippen molar-refractivity contribution in [3.05, 3.63) is 23.4 Å². The van der Waals surface area contributed by atoms with Gasteiger partial charge in [-0.2, -0.15) is 0 Å². The number of hydrogen-bond donors (Lipinski definition) is 1. The molecule has 4 nitrogen and oxygen atoms in total. The number of anilines is 1. The van der Waals surface area contributed by atoms with Gasteiger partial charge < -0.3 is 10.0 Å². The van der Waals surface area contributed by atoms with Crippen molar-refractivity contribution in [3.63, 3.8) is 0 Å². The molecule has 0 aromatic carbocycles. The highest BCUT2D eigenvalue weighted by Gasteiger charge is 2.29. The molecule has 1 aromatic rings. The lowest BCUT2D eigenvalue weighted by molar-refractivity contribution is 0.260. The molecule has 0 spiro atoms. The van der Waals surface area contributed by atoms with Crippen LogP contribution in [0.1, 0.15) is 37.4 Å². The van der Waals surface area contributed by atoms with Crippen LogP contribution in [0.4, 0.5) is 5.82 Å². The van der Waals surface area contributed by atoms with E-state index >= 15 is 0 Å². The van der Waals surface area contributed by atoms with Crippen LogP contribution >= 0.6 is 0 Å². The zero-order chi connectivity index (χ0) is 13.9. The molecular formula is C16H25N3O. The van der Waals surface area contributed by atoms with Crippen molar-refractivity contribution in [3.8, 4) is 0 Å². The molecule has 1 aromatic heterocycles. The number of aromatic nitrogens is 1. The van der Waals surface area contributed by atoms with E-state index in [4.69, 9.17) is 4.98 Å². The first-order chi connectivity index (χ1) is 9.80. The first-order valence-corrected chi connectivity index (χ1v) is 7.90. The molecule has 1 atom stereocenters. The lowest BCUT2D eigenvalue weighted by Gasteiger charge is -2.24. The van der Waals surface area contributed by atoms with Crippen LogP contribution in [0.15, 0.2) is 12.1 Å². The van der Waals surface area contributed by atoms with Crippen LogP contribution in [0.25, 0.3) is 0 Å². The Hall–Kier alpha value is -1.13. The second-order valence-corrected chi connectivity index (χ2v) is 5.97. The van der Waals surface area contributed by atoms with Gasteiger partial charge in [-0.05, 0) is 56.5 Å². The van der Waals surface area contributed by atoms with Crippen LogP contribution in [-0.2, 0) is 13.0 Å². The van der Waals surface area contributed by atoms with Crippen molar-refractivity contribution in [2.45, 2.75) is 45.3 Å². The molecule has 2 fully saturated rings. The van der Waals surface area contributed by atoms with E-state index in [1.54, 1.807) is 0 Å². The largest absolute Gasteiger partial charge is 0.392 e. The third-order valence-electron chi connectivity index (χ3n) is 4.61. The highest BCUT2D eigenvalue weighted by atomic mass is 16.3. The molecular weight excluding hydrogens is 250 g/mol. The summed E-state index contributed by atoms with van der Waals surface area (Å²) in [6.07, 6.45) is 4.88. The molecule has 2 aliphatic rings. The summed E-state index contributed by atoms with van der Waals surface area (Å²) in [5.41, 5.74) is 2.06. The van der Waals surface area contributed by atoms with Crippen LogP contribution in [0.2, 0.25) is 0 Å². The van der Waals surface area contributed by atoms with Gasteiger partial charge in [0.1, 0.15) is 5.82 Å². The number of aryl methyl sites for hydroxylation is 1. The smallest absolute Gasteiger partial charge is 0.129 e. The van der Waals surface area contributed by atoms with Crippen molar-refractivity contribution >= 4 is 5.82 Å². The summed E-state index contributed by atoms with van der Waals surface area (Å²) in [7, 11) is 0. The van der Waals surface area contributed by atoms with Gasteiger partial charge in [-0.15, -0.1) is 0 Å². The molecule has 0 saturated carbocycles. The Morgan fingerprint density at radius 1 is 1.25 bits per heavy atom. The quantitative estimate of drug-likeness (QED) is 0.910.